The fraction of sp³-hybridized carbons (Fsp3) is 0.176. The lowest BCUT2D eigenvalue weighted by Gasteiger charge is -2.23. The number of halogens is 2. The smallest absolute Gasteiger partial charge is 0.247 e. The summed E-state index contributed by atoms with van der Waals surface area (Å²) in [6.07, 6.45) is 0. The molecule has 1 heterocycles. The molecule has 26 heavy (non-hydrogen) atoms. The monoisotopic (exact) mass is 412 g/mol. The molecule has 0 aliphatic rings. The van der Waals surface area contributed by atoms with E-state index in [4.69, 9.17) is 11.6 Å². The quantitative estimate of drug-likeness (QED) is 0.693. The van der Waals surface area contributed by atoms with Crippen LogP contribution in [0.4, 0.5) is 9.52 Å². The molecular formula is C17H14ClFN2O3S2. The van der Waals surface area contributed by atoms with E-state index < -0.39 is 26.3 Å². The van der Waals surface area contributed by atoms with Crippen molar-refractivity contribution in [3.63, 3.8) is 0 Å². The summed E-state index contributed by atoms with van der Waals surface area (Å²) in [6, 6.07) is 9.67. The van der Waals surface area contributed by atoms with Crippen LogP contribution in [0.5, 0.6) is 0 Å². The highest BCUT2D eigenvalue weighted by Gasteiger charge is 2.43. The summed E-state index contributed by atoms with van der Waals surface area (Å²) < 4.78 is 37.8. The largest absolute Gasteiger partial charge is 0.301 e. The van der Waals surface area contributed by atoms with E-state index in [1.807, 2.05) is 0 Å². The lowest BCUT2D eigenvalue weighted by Crippen LogP contribution is -2.44. The predicted octanol–water partition coefficient (Wildman–Crippen LogP) is 4.28. The number of nitrogens with zero attached hydrogens (tertiary/aromatic N) is 1. The van der Waals surface area contributed by atoms with E-state index in [2.05, 4.69) is 10.3 Å². The van der Waals surface area contributed by atoms with Gasteiger partial charge >= 0.3 is 0 Å². The van der Waals surface area contributed by atoms with Crippen LogP contribution in [0.15, 0.2) is 47.4 Å². The Hall–Kier alpha value is -2.03. The maximum absolute atomic E-state index is 13.3. The molecule has 0 saturated carbocycles. The van der Waals surface area contributed by atoms with Crippen molar-refractivity contribution >= 4 is 54.0 Å². The van der Waals surface area contributed by atoms with Gasteiger partial charge in [0.2, 0.25) is 5.91 Å². The van der Waals surface area contributed by atoms with Gasteiger partial charge in [0, 0.05) is 5.02 Å². The number of carbonyl (C=O) groups excluding carboxylic acids is 1. The van der Waals surface area contributed by atoms with Crippen LogP contribution in [0.25, 0.3) is 10.2 Å². The number of fused-ring (bicyclic) bond motifs is 1. The molecule has 0 spiro atoms. The summed E-state index contributed by atoms with van der Waals surface area (Å²) in [5, 5.41) is 3.12. The third-order valence-electron chi connectivity index (χ3n) is 3.91. The van der Waals surface area contributed by atoms with Gasteiger partial charge in [-0.3, -0.25) is 4.79 Å². The molecule has 0 unspecified atom stereocenters. The van der Waals surface area contributed by atoms with Crippen LogP contribution in [0, 0.1) is 5.82 Å². The Morgan fingerprint density at radius 3 is 2.50 bits per heavy atom. The van der Waals surface area contributed by atoms with E-state index >= 15 is 0 Å². The first kappa shape index (κ1) is 18.8. The summed E-state index contributed by atoms with van der Waals surface area (Å²) in [4.78, 5) is 16.8. The number of thiazole rings is 1. The summed E-state index contributed by atoms with van der Waals surface area (Å²) in [5.74, 6) is -1.14. The van der Waals surface area contributed by atoms with Gasteiger partial charge in [0.1, 0.15) is 10.6 Å². The second-order valence-corrected chi connectivity index (χ2v) is 10.0. The molecule has 5 nitrogen and oxygen atoms in total. The third kappa shape index (κ3) is 3.32. The van der Waals surface area contributed by atoms with Crippen molar-refractivity contribution in [1.82, 2.24) is 4.98 Å². The van der Waals surface area contributed by atoms with Crippen LogP contribution in [0.2, 0.25) is 5.02 Å². The van der Waals surface area contributed by atoms with Gasteiger partial charge in [-0.15, -0.1) is 0 Å². The number of benzene rings is 2. The highest BCUT2D eigenvalue weighted by molar-refractivity contribution is 7.93. The normalized spacial score (nSPS) is 12.3. The minimum absolute atomic E-state index is 0.00609. The first-order valence-electron chi connectivity index (χ1n) is 7.49. The second-order valence-electron chi connectivity index (χ2n) is 6.05. The number of hydrogen-bond acceptors (Lipinski definition) is 5. The number of aromatic nitrogens is 1. The third-order valence-corrected chi connectivity index (χ3v) is 7.52. The van der Waals surface area contributed by atoms with Gasteiger partial charge in [-0.25, -0.2) is 17.8 Å². The van der Waals surface area contributed by atoms with Gasteiger partial charge in [-0.1, -0.05) is 22.9 Å². The van der Waals surface area contributed by atoms with Gasteiger partial charge in [0.05, 0.1) is 15.1 Å². The van der Waals surface area contributed by atoms with E-state index in [9.17, 15) is 17.6 Å². The molecule has 3 aromatic rings. The molecule has 1 N–H and O–H groups in total. The molecule has 9 heteroatoms. The summed E-state index contributed by atoms with van der Waals surface area (Å²) in [7, 11) is -3.97. The number of hydrogen-bond donors (Lipinski definition) is 1. The molecule has 136 valence electrons. The maximum atomic E-state index is 13.3. The standard InChI is InChI=1S/C17H14ClFN2O3S2/c1-17(2,26(23,24)12-6-3-10(18)4-7-12)15(22)21-16-20-13-8-5-11(19)9-14(13)25-16/h3-9H,1-2H3,(H,20,21,22). The summed E-state index contributed by atoms with van der Waals surface area (Å²) in [5.41, 5.74) is 0.519. The van der Waals surface area contributed by atoms with Gasteiger partial charge < -0.3 is 5.32 Å². The summed E-state index contributed by atoms with van der Waals surface area (Å²) >= 11 is 6.86. The zero-order valence-corrected chi connectivity index (χ0v) is 16.2. The van der Waals surface area contributed by atoms with E-state index in [-0.39, 0.29) is 10.0 Å². The molecular weight excluding hydrogens is 399 g/mol. The average molecular weight is 413 g/mol. The number of nitrogens with one attached hydrogen (secondary N) is 1. The fourth-order valence-electron chi connectivity index (χ4n) is 2.23. The lowest BCUT2D eigenvalue weighted by molar-refractivity contribution is -0.117. The molecule has 0 aliphatic heterocycles. The second kappa shape index (κ2) is 6.61. The molecule has 3 rings (SSSR count). The SMILES string of the molecule is CC(C)(C(=O)Nc1nc2ccc(F)cc2s1)S(=O)(=O)c1ccc(Cl)cc1. The van der Waals surface area contributed by atoms with Gasteiger partial charge in [-0.2, -0.15) is 0 Å². The minimum Gasteiger partial charge on any atom is -0.301 e. The summed E-state index contributed by atoms with van der Waals surface area (Å²) in [6.45, 7) is 2.64. The minimum atomic E-state index is -3.97. The first-order valence-corrected chi connectivity index (χ1v) is 10.2. The number of anilines is 1. The molecule has 2 aromatic carbocycles. The van der Waals surface area contributed by atoms with E-state index in [0.717, 1.165) is 11.3 Å². The van der Waals surface area contributed by atoms with Crippen LogP contribution in [0.3, 0.4) is 0 Å². The Kier molecular flexibility index (Phi) is 4.76. The zero-order valence-electron chi connectivity index (χ0n) is 13.8. The van der Waals surface area contributed by atoms with Crippen LogP contribution in [0.1, 0.15) is 13.8 Å². The van der Waals surface area contributed by atoms with Gasteiger partial charge in [-0.05, 0) is 56.3 Å². The first-order chi connectivity index (χ1) is 12.1. The highest BCUT2D eigenvalue weighted by atomic mass is 35.5. The molecule has 0 radical (unpaired) electrons. The zero-order chi connectivity index (χ0) is 19.1. The molecule has 0 aliphatic carbocycles. The van der Waals surface area contributed by atoms with Crippen LogP contribution in [-0.2, 0) is 14.6 Å². The molecule has 1 amide bonds. The van der Waals surface area contributed by atoms with Crippen LogP contribution >= 0.6 is 22.9 Å². The number of amides is 1. The van der Waals surface area contributed by atoms with Gasteiger partial charge in [0.25, 0.3) is 0 Å². The van der Waals surface area contributed by atoms with E-state index in [1.54, 1.807) is 0 Å². The molecule has 0 atom stereocenters. The highest BCUT2D eigenvalue weighted by Crippen LogP contribution is 2.30. The average Bonchev–Trinajstić information content (AvgIpc) is 2.96. The predicted molar refractivity (Wildman–Crippen MR) is 101 cm³/mol. The Morgan fingerprint density at radius 2 is 1.85 bits per heavy atom. The van der Waals surface area contributed by atoms with Crippen molar-refractivity contribution < 1.29 is 17.6 Å². The van der Waals surface area contributed by atoms with E-state index in [1.165, 1.54) is 56.3 Å². The topological polar surface area (TPSA) is 76.1 Å². The van der Waals surface area contributed by atoms with Crippen molar-refractivity contribution in [3.05, 3.63) is 53.3 Å². The number of sulfone groups is 1. The van der Waals surface area contributed by atoms with Gasteiger partial charge in [0.15, 0.2) is 15.0 Å². The van der Waals surface area contributed by atoms with Crippen molar-refractivity contribution in [1.29, 1.82) is 0 Å². The Labute approximate surface area is 158 Å². The molecule has 0 saturated heterocycles. The maximum Gasteiger partial charge on any atom is 0.247 e. The van der Waals surface area contributed by atoms with Crippen molar-refractivity contribution in [2.75, 3.05) is 5.32 Å². The Bertz CT molecular complexity index is 1090. The fourth-order valence-corrected chi connectivity index (χ4v) is 4.62. The molecule has 0 bridgehead atoms. The van der Waals surface area contributed by atoms with Crippen molar-refractivity contribution in [2.24, 2.45) is 0 Å². The number of rotatable bonds is 4. The van der Waals surface area contributed by atoms with Crippen molar-refractivity contribution in [3.8, 4) is 0 Å². The van der Waals surface area contributed by atoms with Crippen LogP contribution < -0.4 is 5.32 Å². The molecule has 1 aromatic heterocycles. The number of carbonyl (C=O) groups is 1. The van der Waals surface area contributed by atoms with Crippen molar-refractivity contribution in [2.45, 2.75) is 23.5 Å². The lowest BCUT2D eigenvalue weighted by atomic mass is 10.2. The Morgan fingerprint density at radius 1 is 1.19 bits per heavy atom. The Balaban J connectivity index is 1.90. The van der Waals surface area contributed by atoms with E-state index in [0.29, 0.717) is 15.2 Å². The van der Waals surface area contributed by atoms with Crippen LogP contribution in [-0.4, -0.2) is 24.1 Å². The molecule has 0 fully saturated rings.